The van der Waals surface area contributed by atoms with E-state index in [1.807, 2.05) is 84.9 Å². The monoisotopic (exact) mass is 523 g/mol. The molecule has 8 aromatic rings. The fourth-order valence-electron chi connectivity index (χ4n) is 5.45. The van der Waals surface area contributed by atoms with E-state index in [9.17, 15) is 0 Å². The average molecular weight is 524 g/mol. The topological polar surface area (TPSA) is 65.0 Å². The lowest BCUT2D eigenvalue weighted by Gasteiger charge is -2.12. The van der Waals surface area contributed by atoms with Crippen LogP contribution in [0.15, 0.2) is 118 Å². The first-order valence-corrected chi connectivity index (χ1v) is 12.9. The van der Waals surface area contributed by atoms with Crippen molar-refractivity contribution >= 4 is 55.5 Å². The van der Waals surface area contributed by atoms with Crippen molar-refractivity contribution in [1.82, 2.24) is 15.0 Å². The Morgan fingerprint density at radius 1 is 0.462 bits per heavy atom. The van der Waals surface area contributed by atoms with Crippen LogP contribution in [0.25, 0.3) is 77.8 Å². The SMILES string of the molecule is Clc1nc(-c2cccc3oc4ccccc4c23)nc(-c2c(-c3ccccc3)ccc3oc4ccccc4c23)n1. The van der Waals surface area contributed by atoms with Gasteiger partial charge in [0, 0.05) is 32.7 Å². The molecule has 0 saturated heterocycles. The average Bonchev–Trinajstić information content (AvgIpc) is 3.55. The number of para-hydroxylation sites is 2. The van der Waals surface area contributed by atoms with E-state index in [2.05, 4.69) is 34.2 Å². The lowest BCUT2D eigenvalue weighted by atomic mass is 9.94. The lowest BCUT2D eigenvalue weighted by molar-refractivity contribution is 0.668. The molecule has 0 fully saturated rings. The second kappa shape index (κ2) is 8.51. The molecule has 0 saturated carbocycles. The van der Waals surface area contributed by atoms with E-state index in [0.29, 0.717) is 11.6 Å². The van der Waals surface area contributed by atoms with Gasteiger partial charge in [-0.3, -0.25) is 0 Å². The second-order valence-electron chi connectivity index (χ2n) is 9.35. The summed E-state index contributed by atoms with van der Waals surface area (Å²) < 4.78 is 12.3. The molecule has 0 unspecified atom stereocenters. The van der Waals surface area contributed by atoms with Crippen molar-refractivity contribution in [2.24, 2.45) is 0 Å². The van der Waals surface area contributed by atoms with Crippen molar-refractivity contribution in [3.05, 3.63) is 114 Å². The maximum Gasteiger partial charge on any atom is 0.226 e. The second-order valence-corrected chi connectivity index (χ2v) is 9.69. The molecule has 3 aromatic heterocycles. The van der Waals surface area contributed by atoms with E-state index in [1.165, 1.54) is 0 Å². The van der Waals surface area contributed by atoms with Crippen molar-refractivity contribution in [2.75, 3.05) is 0 Å². The molecule has 8 rings (SSSR count). The maximum absolute atomic E-state index is 6.63. The van der Waals surface area contributed by atoms with Crippen molar-refractivity contribution in [1.29, 1.82) is 0 Å². The predicted octanol–water partition coefficient (Wildman–Crippen LogP) is 9.32. The van der Waals surface area contributed by atoms with Gasteiger partial charge in [0.15, 0.2) is 11.6 Å². The van der Waals surface area contributed by atoms with Crippen LogP contribution >= 0.6 is 11.6 Å². The van der Waals surface area contributed by atoms with Crippen molar-refractivity contribution in [3.8, 4) is 33.9 Å². The van der Waals surface area contributed by atoms with E-state index in [1.54, 1.807) is 0 Å². The summed E-state index contributed by atoms with van der Waals surface area (Å²) in [6, 6.07) is 36.1. The molecule has 0 N–H and O–H groups in total. The van der Waals surface area contributed by atoms with E-state index in [4.69, 9.17) is 25.4 Å². The first-order valence-electron chi connectivity index (χ1n) is 12.6. The summed E-state index contributed by atoms with van der Waals surface area (Å²) >= 11 is 6.63. The summed E-state index contributed by atoms with van der Waals surface area (Å²) in [6.45, 7) is 0. The van der Waals surface area contributed by atoms with Crippen LogP contribution in [-0.4, -0.2) is 15.0 Å². The number of rotatable bonds is 3. The van der Waals surface area contributed by atoms with Crippen LogP contribution in [-0.2, 0) is 0 Å². The Balaban J connectivity index is 1.46. The fourth-order valence-corrected chi connectivity index (χ4v) is 5.61. The number of nitrogens with zero attached hydrogens (tertiary/aromatic N) is 3. The van der Waals surface area contributed by atoms with Gasteiger partial charge in [0.1, 0.15) is 22.3 Å². The molecule has 0 atom stereocenters. The Bertz CT molecular complexity index is 2200. The minimum Gasteiger partial charge on any atom is -0.456 e. The third-order valence-electron chi connectivity index (χ3n) is 7.10. The third kappa shape index (κ3) is 3.44. The van der Waals surface area contributed by atoms with Crippen LogP contribution in [0.5, 0.6) is 0 Å². The maximum atomic E-state index is 6.63. The largest absolute Gasteiger partial charge is 0.456 e. The molecular weight excluding hydrogens is 506 g/mol. The summed E-state index contributed by atoms with van der Waals surface area (Å²) in [5.41, 5.74) is 6.82. The zero-order valence-electron chi connectivity index (χ0n) is 20.4. The zero-order valence-corrected chi connectivity index (χ0v) is 21.2. The molecule has 184 valence electrons. The Morgan fingerprint density at radius 2 is 1.08 bits per heavy atom. The molecule has 5 aromatic carbocycles. The highest BCUT2D eigenvalue weighted by atomic mass is 35.5. The Labute approximate surface area is 227 Å². The Kier molecular flexibility index (Phi) is 4.81. The van der Waals surface area contributed by atoms with Gasteiger partial charge in [-0.1, -0.05) is 78.9 Å². The highest BCUT2D eigenvalue weighted by Crippen LogP contribution is 2.42. The standard InChI is InChI=1S/C33H18ClN3O2/c34-33-36-31(23-13-8-16-26-28(23)21-11-4-6-14-24(21)38-26)35-32(37-33)30-20(19-9-2-1-3-10-19)17-18-27-29(30)22-12-5-7-15-25(22)39-27/h1-18H. The highest BCUT2D eigenvalue weighted by molar-refractivity contribution is 6.28. The molecule has 0 aliphatic heterocycles. The van der Waals surface area contributed by atoms with E-state index >= 15 is 0 Å². The quantitative estimate of drug-likeness (QED) is 0.231. The number of halogens is 1. The highest BCUT2D eigenvalue weighted by Gasteiger charge is 2.22. The van der Waals surface area contributed by atoms with Gasteiger partial charge in [-0.15, -0.1) is 0 Å². The molecule has 6 heteroatoms. The third-order valence-corrected chi connectivity index (χ3v) is 7.27. The first-order chi connectivity index (χ1) is 19.2. The minimum atomic E-state index is 0.114. The van der Waals surface area contributed by atoms with Crippen molar-refractivity contribution in [3.63, 3.8) is 0 Å². The molecule has 0 aliphatic rings. The van der Waals surface area contributed by atoms with Crippen LogP contribution in [0.4, 0.5) is 0 Å². The number of furan rings is 2. The van der Waals surface area contributed by atoms with Gasteiger partial charge in [-0.2, -0.15) is 9.97 Å². The number of benzene rings is 5. The molecule has 0 radical (unpaired) electrons. The summed E-state index contributed by atoms with van der Waals surface area (Å²) in [6.07, 6.45) is 0. The summed E-state index contributed by atoms with van der Waals surface area (Å²) in [5.74, 6) is 0.955. The van der Waals surface area contributed by atoms with Gasteiger partial charge in [0.05, 0.1) is 0 Å². The molecule has 39 heavy (non-hydrogen) atoms. The molecule has 0 aliphatic carbocycles. The molecule has 5 nitrogen and oxygen atoms in total. The number of hydrogen-bond acceptors (Lipinski definition) is 5. The summed E-state index contributed by atoms with van der Waals surface area (Å²) in [4.78, 5) is 14.3. The summed E-state index contributed by atoms with van der Waals surface area (Å²) in [5, 5.41) is 3.97. The van der Waals surface area contributed by atoms with Crippen LogP contribution < -0.4 is 0 Å². The first kappa shape index (κ1) is 22.0. The molecule has 0 amide bonds. The zero-order chi connectivity index (χ0) is 25.9. The number of fused-ring (bicyclic) bond motifs is 6. The van der Waals surface area contributed by atoms with Gasteiger partial charge in [0.2, 0.25) is 5.28 Å². The predicted molar refractivity (Wildman–Crippen MR) is 156 cm³/mol. The minimum absolute atomic E-state index is 0.114. The summed E-state index contributed by atoms with van der Waals surface area (Å²) in [7, 11) is 0. The van der Waals surface area contributed by atoms with E-state index in [0.717, 1.165) is 66.1 Å². The van der Waals surface area contributed by atoms with Gasteiger partial charge in [0.25, 0.3) is 0 Å². The van der Waals surface area contributed by atoms with Crippen LogP contribution in [0.2, 0.25) is 5.28 Å². The van der Waals surface area contributed by atoms with Crippen LogP contribution in [0, 0.1) is 0 Å². The Hall–Kier alpha value is -5.00. The van der Waals surface area contributed by atoms with Crippen LogP contribution in [0.1, 0.15) is 0 Å². The number of aromatic nitrogens is 3. The normalized spacial score (nSPS) is 11.7. The van der Waals surface area contributed by atoms with Crippen molar-refractivity contribution in [2.45, 2.75) is 0 Å². The van der Waals surface area contributed by atoms with Gasteiger partial charge in [-0.05, 0) is 53.1 Å². The van der Waals surface area contributed by atoms with Gasteiger partial charge >= 0.3 is 0 Å². The van der Waals surface area contributed by atoms with Crippen LogP contribution in [0.3, 0.4) is 0 Å². The fraction of sp³-hybridized carbons (Fsp3) is 0. The van der Waals surface area contributed by atoms with Gasteiger partial charge in [-0.25, -0.2) is 4.98 Å². The van der Waals surface area contributed by atoms with E-state index < -0.39 is 0 Å². The number of hydrogen-bond donors (Lipinski definition) is 0. The molecule has 0 spiro atoms. The van der Waals surface area contributed by atoms with Gasteiger partial charge < -0.3 is 8.83 Å². The van der Waals surface area contributed by atoms with E-state index in [-0.39, 0.29) is 5.28 Å². The Morgan fingerprint density at radius 3 is 1.85 bits per heavy atom. The molecule has 0 bridgehead atoms. The smallest absolute Gasteiger partial charge is 0.226 e. The lowest BCUT2D eigenvalue weighted by Crippen LogP contribution is -1.99. The molecule has 3 heterocycles. The van der Waals surface area contributed by atoms with Crippen molar-refractivity contribution < 1.29 is 8.83 Å². The molecular formula is C33H18ClN3O2.